The van der Waals surface area contributed by atoms with Gasteiger partial charge in [0.05, 0.1) is 5.54 Å². The summed E-state index contributed by atoms with van der Waals surface area (Å²) >= 11 is 3.70. The third kappa shape index (κ3) is 1.87. The average Bonchev–Trinajstić information content (AvgIpc) is 1.99. The summed E-state index contributed by atoms with van der Waals surface area (Å²) in [6, 6.07) is 0. The Labute approximate surface area is 91.3 Å². The van der Waals surface area contributed by atoms with Gasteiger partial charge in [-0.25, -0.2) is 5.26 Å². The molecule has 0 radical (unpaired) electrons. The van der Waals surface area contributed by atoms with E-state index in [0.717, 1.165) is 17.8 Å². The first kappa shape index (κ1) is 10.2. The first-order valence-electron chi connectivity index (χ1n) is 5.52. The standard InChI is InChI=1S/C10H17N.CHNS/c11-10-4-7-1-8(5-10)3-9(2-7)6-10;2-1-3/h7-9H,1-6,11H2;3H. The lowest BCUT2D eigenvalue weighted by molar-refractivity contribution is -0.504. The quantitative estimate of drug-likeness (QED) is 0.482. The van der Waals surface area contributed by atoms with E-state index in [1.807, 2.05) is 0 Å². The number of thiocyanates is 1. The maximum atomic E-state index is 7.13. The predicted octanol–water partition coefficient (Wildman–Crippen LogP) is 1.21. The van der Waals surface area contributed by atoms with Crippen LogP contribution in [-0.4, -0.2) is 5.54 Å². The van der Waals surface area contributed by atoms with Crippen molar-refractivity contribution in [3.8, 4) is 5.40 Å². The van der Waals surface area contributed by atoms with Gasteiger partial charge < -0.3 is 18.4 Å². The van der Waals surface area contributed by atoms with E-state index in [4.69, 9.17) is 5.26 Å². The Balaban J connectivity index is 0.000000226. The Morgan fingerprint density at radius 1 is 1.07 bits per heavy atom. The van der Waals surface area contributed by atoms with Gasteiger partial charge in [-0.2, -0.15) is 0 Å². The molecular weight excluding hydrogens is 192 g/mol. The molecule has 0 aromatic heterocycles. The summed E-state index contributed by atoms with van der Waals surface area (Å²) in [5.41, 5.74) is 4.98. The summed E-state index contributed by atoms with van der Waals surface area (Å²) in [5.74, 6) is 3.25. The third-order valence-corrected chi connectivity index (χ3v) is 4.17. The van der Waals surface area contributed by atoms with Crippen molar-refractivity contribution in [3.05, 3.63) is 0 Å². The molecule has 0 atom stereocenters. The zero-order valence-corrected chi connectivity index (χ0v) is 9.35. The fraction of sp³-hybridized carbons (Fsp3) is 0.909. The molecular formula is C11H18N2S. The van der Waals surface area contributed by atoms with E-state index in [1.165, 1.54) is 24.7 Å². The van der Waals surface area contributed by atoms with E-state index in [9.17, 15) is 0 Å². The van der Waals surface area contributed by atoms with Gasteiger partial charge in [-0.15, -0.1) is 0 Å². The van der Waals surface area contributed by atoms with Crippen LogP contribution in [0, 0.1) is 28.4 Å². The van der Waals surface area contributed by atoms with Crippen LogP contribution in [0.4, 0.5) is 0 Å². The lowest BCUT2D eigenvalue weighted by Crippen LogP contribution is -2.77. The van der Waals surface area contributed by atoms with Crippen molar-refractivity contribution >= 4 is 12.6 Å². The van der Waals surface area contributed by atoms with Gasteiger partial charge in [0.2, 0.25) is 0 Å². The number of hydrogen-bond acceptors (Lipinski definition) is 2. The molecule has 78 valence electrons. The van der Waals surface area contributed by atoms with Crippen LogP contribution in [0.15, 0.2) is 0 Å². The highest BCUT2D eigenvalue weighted by Gasteiger charge is 2.51. The van der Waals surface area contributed by atoms with Gasteiger partial charge >= 0.3 is 0 Å². The summed E-state index contributed by atoms with van der Waals surface area (Å²) in [4.78, 5) is 0. The molecule has 0 aromatic rings. The predicted molar refractivity (Wildman–Crippen MR) is 56.8 cm³/mol. The van der Waals surface area contributed by atoms with Crippen molar-refractivity contribution < 1.29 is 5.73 Å². The van der Waals surface area contributed by atoms with E-state index in [2.05, 4.69) is 18.4 Å². The number of quaternary nitrogens is 1. The van der Waals surface area contributed by atoms with Crippen LogP contribution in [0.2, 0.25) is 0 Å². The molecule has 0 saturated heterocycles. The molecule has 4 rings (SSSR count). The van der Waals surface area contributed by atoms with Crippen molar-refractivity contribution in [3.63, 3.8) is 0 Å². The average molecular weight is 210 g/mol. The third-order valence-electron chi connectivity index (χ3n) is 4.17. The van der Waals surface area contributed by atoms with Crippen LogP contribution in [0.1, 0.15) is 38.5 Å². The Kier molecular flexibility index (Phi) is 2.68. The largest absolute Gasteiger partial charge is 0.696 e. The molecule has 4 saturated carbocycles. The van der Waals surface area contributed by atoms with Crippen molar-refractivity contribution in [2.45, 2.75) is 44.1 Å². The minimum Gasteiger partial charge on any atom is -0.696 e. The van der Waals surface area contributed by atoms with Crippen molar-refractivity contribution in [2.24, 2.45) is 17.8 Å². The fourth-order valence-electron chi connectivity index (χ4n) is 4.29. The van der Waals surface area contributed by atoms with E-state index in [1.54, 1.807) is 19.3 Å². The summed E-state index contributed by atoms with van der Waals surface area (Å²) in [6.07, 6.45) is 9.02. The summed E-state index contributed by atoms with van der Waals surface area (Å²) in [5, 5.41) is 8.47. The minimum atomic E-state index is 0.550. The number of hydrogen-bond donors (Lipinski definition) is 1. The molecule has 0 amide bonds. The highest BCUT2D eigenvalue weighted by atomic mass is 32.1. The summed E-state index contributed by atoms with van der Waals surface area (Å²) in [6.45, 7) is 0. The highest BCUT2D eigenvalue weighted by molar-refractivity contribution is 7.64. The van der Waals surface area contributed by atoms with E-state index >= 15 is 0 Å². The van der Waals surface area contributed by atoms with Crippen molar-refractivity contribution in [1.29, 1.82) is 5.26 Å². The monoisotopic (exact) mass is 210 g/mol. The molecule has 0 unspecified atom stereocenters. The van der Waals surface area contributed by atoms with Crippen molar-refractivity contribution in [1.82, 2.24) is 0 Å². The smallest absolute Gasteiger partial charge is 0.0953 e. The van der Waals surface area contributed by atoms with Gasteiger partial charge in [-0.1, -0.05) is 5.40 Å². The Morgan fingerprint density at radius 3 is 1.57 bits per heavy atom. The molecule has 0 heterocycles. The lowest BCUT2D eigenvalue weighted by atomic mass is 9.53. The first-order chi connectivity index (χ1) is 6.65. The van der Waals surface area contributed by atoms with Gasteiger partial charge in [-0.05, 0) is 37.0 Å². The van der Waals surface area contributed by atoms with Crippen LogP contribution < -0.4 is 5.73 Å². The molecule has 3 N–H and O–H groups in total. The van der Waals surface area contributed by atoms with Crippen LogP contribution in [0.25, 0.3) is 0 Å². The lowest BCUT2D eigenvalue weighted by Gasteiger charge is -2.52. The van der Waals surface area contributed by atoms with E-state index in [-0.39, 0.29) is 0 Å². The Bertz CT molecular complexity index is 221. The fourth-order valence-corrected chi connectivity index (χ4v) is 4.29. The number of rotatable bonds is 0. The van der Waals surface area contributed by atoms with Gasteiger partial charge in [0.15, 0.2) is 0 Å². The Hall–Kier alpha value is -0.330. The van der Waals surface area contributed by atoms with Crippen LogP contribution >= 0.6 is 0 Å². The second kappa shape index (κ2) is 3.67. The number of nitriles is 1. The van der Waals surface area contributed by atoms with Crippen LogP contribution in [-0.2, 0) is 12.6 Å². The molecule has 2 nitrogen and oxygen atoms in total. The van der Waals surface area contributed by atoms with Crippen molar-refractivity contribution in [2.75, 3.05) is 0 Å². The molecule has 4 bridgehead atoms. The Morgan fingerprint density at radius 2 is 1.36 bits per heavy atom. The SMILES string of the molecule is N#C[S-].[NH3+]C12CC3CC(CC(C3)C1)C2. The zero-order chi connectivity index (χ0) is 10.2. The number of nitrogens with zero attached hydrogens (tertiary/aromatic N) is 1. The molecule has 14 heavy (non-hydrogen) atoms. The van der Waals surface area contributed by atoms with Gasteiger partial charge in [-0.3, -0.25) is 0 Å². The van der Waals surface area contributed by atoms with Gasteiger partial charge in [0.1, 0.15) is 0 Å². The van der Waals surface area contributed by atoms with Gasteiger partial charge in [0, 0.05) is 19.3 Å². The maximum Gasteiger partial charge on any atom is 0.0953 e. The maximum absolute atomic E-state index is 7.13. The van der Waals surface area contributed by atoms with E-state index < -0.39 is 0 Å². The second-order valence-electron chi connectivity index (χ2n) is 5.51. The highest BCUT2D eigenvalue weighted by Crippen LogP contribution is 2.53. The zero-order valence-electron chi connectivity index (χ0n) is 8.54. The topological polar surface area (TPSA) is 51.4 Å². The normalized spacial score (nSPS) is 47.9. The molecule has 3 heteroatoms. The molecule has 4 aliphatic carbocycles. The minimum absolute atomic E-state index is 0.550. The van der Waals surface area contributed by atoms with Crippen LogP contribution in [0.5, 0.6) is 0 Å². The van der Waals surface area contributed by atoms with Gasteiger partial charge in [0.25, 0.3) is 0 Å². The molecule has 0 spiro atoms. The molecule has 4 fully saturated rings. The summed E-state index contributed by atoms with van der Waals surface area (Å²) in [7, 11) is 0. The van der Waals surface area contributed by atoms with E-state index in [0.29, 0.717) is 5.54 Å². The summed E-state index contributed by atoms with van der Waals surface area (Å²) < 4.78 is 0. The van der Waals surface area contributed by atoms with Crippen LogP contribution in [0.3, 0.4) is 0 Å². The first-order valence-corrected chi connectivity index (χ1v) is 5.92. The molecule has 4 aliphatic rings. The molecule has 0 aromatic carbocycles. The molecule has 0 aliphatic heterocycles. The second-order valence-corrected chi connectivity index (χ2v) is 5.69.